The summed E-state index contributed by atoms with van der Waals surface area (Å²) in [5.41, 5.74) is 2.58. The zero-order valence-corrected chi connectivity index (χ0v) is 18.6. The monoisotopic (exact) mass is 482 g/mol. The van der Waals surface area contributed by atoms with E-state index in [0.29, 0.717) is 27.5 Å². The first-order valence-corrected chi connectivity index (χ1v) is 10.6. The van der Waals surface area contributed by atoms with Gasteiger partial charge in [0.25, 0.3) is 11.7 Å². The minimum atomic E-state index is -0.486. The van der Waals surface area contributed by atoms with Gasteiger partial charge in [-0.05, 0) is 48.0 Å². The molecule has 158 valence electrons. The Morgan fingerprint density at radius 2 is 1.75 bits per heavy atom. The molecule has 32 heavy (non-hydrogen) atoms. The molecule has 0 bridgehead atoms. The maximum absolute atomic E-state index is 13.4. The molecule has 5 aromatic rings. The molecule has 0 unspecified atom stereocenters. The van der Waals surface area contributed by atoms with Gasteiger partial charge in [-0.2, -0.15) is 0 Å². The standard InChI is InChI=1S/C23H13Cl3N4O2/c24-15-5-3-13(4-6-15)12-30-18-8-7-16(25)10-17(18)19(21(30)26)20(31)23-29-28-22(32-23)14-2-1-9-27-11-14/h1-11H,12H2. The van der Waals surface area contributed by atoms with Gasteiger partial charge in [0.2, 0.25) is 5.89 Å². The quantitative estimate of drug-likeness (QED) is 0.273. The number of ketones is 1. The van der Waals surface area contributed by atoms with E-state index in [1.165, 1.54) is 0 Å². The van der Waals surface area contributed by atoms with Crippen molar-refractivity contribution < 1.29 is 9.21 Å². The summed E-state index contributed by atoms with van der Waals surface area (Å²) in [6.45, 7) is 0.437. The van der Waals surface area contributed by atoms with Crippen LogP contribution in [0.2, 0.25) is 15.2 Å². The van der Waals surface area contributed by atoms with E-state index in [0.717, 1.165) is 11.1 Å². The fraction of sp³-hybridized carbons (Fsp3) is 0.0435. The van der Waals surface area contributed by atoms with Crippen molar-refractivity contribution >= 4 is 51.5 Å². The molecule has 0 spiro atoms. The molecule has 0 aliphatic heterocycles. The Morgan fingerprint density at radius 1 is 0.969 bits per heavy atom. The summed E-state index contributed by atoms with van der Waals surface area (Å²) in [4.78, 5) is 17.4. The number of halogens is 3. The predicted octanol–water partition coefficient (Wildman–Crippen LogP) is 6.33. The maximum atomic E-state index is 13.4. The highest BCUT2D eigenvalue weighted by molar-refractivity contribution is 6.37. The molecule has 0 radical (unpaired) electrons. The van der Waals surface area contributed by atoms with Crippen molar-refractivity contribution in [2.45, 2.75) is 6.54 Å². The van der Waals surface area contributed by atoms with Crippen molar-refractivity contribution in [3.63, 3.8) is 0 Å². The SMILES string of the molecule is O=C(c1nnc(-c2cccnc2)o1)c1c(Cl)n(Cc2ccc(Cl)cc2)c2ccc(Cl)cc12. The molecule has 0 amide bonds. The number of aromatic nitrogens is 4. The molecule has 2 aromatic carbocycles. The molecule has 6 nitrogen and oxygen atoms in total. The van der Waals surface area contributed by atoms with Crippen LogP contribution in [0.3, 0.4) is 0 Å². The minimum absolute atomic E-state index is 0.170. The normalized spacial score (nSPS) is 11.2. The molecule has 0 fully saturated rings. The number of nitrogens with zero attached hydrogens (tertiary/aromatic N) is 4. The summed E-state index contributed by atoms with van der Waals surface area (Å²) in [5.74, 6) is -0.462. The van der Waals surface area contributed by atoms with E-state index in [4.69, 9.17) is 39.2 Å². The van der Waals surface area contributed by atoms with Crippen molar-refractivity contribution in [1.82, 2.24) is 19.7 Å². The zero-order chi connectivity index (χ0) is 22.2. The van der Waals surface area contributed by atoms with Gasteiger partial charge in [-0.3, -0.25) is 9.78 Å². The fourth-order valence-corrected chi connectivity index (χ4v) is 4.10. The lowest BCUT2D eigenvalue weighted by Crippen LogP contribution is -2.04. The summed E-state index contributed by atoms with van der Waals surface area (Å²) in [6, 6.07) is 16.2. The van der Waals surface area contributed by atoms with Gasteiger partial charge in [-0.1, -0.05) is 46.9 Å². The Hall–Kier alpha value is -3.19. The van der Waals surface area contributed by atoms with Crippen LogP contribution in [0.5, 0.6) is 0 Å². The Bertz CT molecular complexity index is 1440. The van der Waals surface area contributed by atoms with Crippen LogP contribution >= 0.6 is 34.8 Å². The molecule has 0 saturated carbocycles. The Balaban J connectivity index is 1.60. The second kappa shape index (κ2) is 8.39. The van der Waals surface area contributed by atoms with E-state index < -0.39 is 5.78 Å². The number of hydrogen-bond acceptors (Lipinski definition) is 5. The van der Waals surface area contributed by atoms with Crippen LogP contribution in [0, 0.1) is 0 Å². The van der Waals surface area contributed by atoms with E-state index in [9.17, 15) is 4.79 Å². The summed E-state index contributed by atoms with van der Waals surface area (Å²) >= 11 is 19.0. The average molecular weight is 484 g/mol. The third-order valence-electron chi connectivity index (χ3n) is 4.97. The van der Waals surface area contributed by atoms with Crippen molar-refractivity contribution in [3.05, 3.63) is 99.2 Å². The molecule has 3 aromatic heterocycles. The molecular formula is C23H13Cl3N4O2. The largest absolute Gasteiger partial charge is 0.413 e. The van der Waals surface area contributed by atoms with E-state index in [1.807, 2.05) is 22.8 Å². The smallest absolute Gasteiger partial charge is 0.289 e. The number of rotatable bonds is 5. The summed E-state index contributed by atoms with van der Waals surface area (Å²) < 4.78 is 7.47. The van der Waals surface area contributed by atoms with Gasteiger partial charge in [0.15, 0.2) is 0 Å². The highest BCUT2D eigenvalue weighted by atomic mass is 35.5. The molecule has 0 atom stereocenters. The van der Waals surface area contributed by atoms with E-state index in [1.54, 1.807) is 48.8 Å². The van der Waals surface area contributed by atoms with Crippen molar-refractivity contribution in [1.29, 1.82) is 0 Å². The molecule has 0 aliphatic rings. The van der Waals surface area contributed by atoms with Gasteiger partial charge < -0.3 is 8.98 Å². The fourth-order valence-electron chi connectivity index (χ4n) is 3.47. The molecule has 0 N–H and O–H groups in total. The molecule has 0 aliphatic carbocycles. The van der Waals surface area contributed by atoms with Crippen LogP contribution in [0.4, 0.5) is 0 Å². The van der Waals surface area contributed by atoms with Gasteiger partial charge >= 0.3 is 0 Å². The Morgan fingerprint density at radius 3 is 2.50 bits per heavy atom. The van der Waals surface area contributed by atoms with Crippen LogP contribution < -0.4 is 0 Å². The van der Waals surface area contributed by atoms with Gasteiger partial charge in [0.1, 0.15) is 5.15 Å². The third kappa shape index (κ3) is 3.77. The first-order valence-electron chi connectivity index (χ1n) is 9.51. The summed E-state index contributed by atoms with van der Waals surface area (Å²) in [5, 5.41) is 9.88. The van der Waals surface area contributed by atoms with Gasteiger partial charge in [-0.25, -0.2) is 0 Å². The number of carbonyl (C=O) groups is 1. The van der Waals surface area contributed by atoms with Crippen molar-refractivity contribution in [3.8, 4) is 11.5 Å². The van der Waals surface area contributed by atoms with Crippen LogP contribution in [-0.2, 0) is 6.54 Å². The average Bonchev–Trinajstić information content (AvgIpc) is 3.39. The van der Waals surface area contributed by atoms with Crippen LogP contribution in [0.1, 0.15) is 21.8 Å². The Labute approximate surface area is 197 Å². The molecule has 5 rings (SSSR count). The van der Waals surface area contributed by atoms with Gasteiger partial charge in [-0.15, -0.1) is 10.2 Å². The second-order valence-corrected chi connectivity index (χ2v) is 8.25. The van der Waals surface area contributed by atoms with Crippen molar-refractivity contribution in [2.24, 2.45) is 0 Å². The Kier molecular flexibility index (Phi) is 5.43. The molecule has 0 saturated heterocycles. The summed E-state index contributed by atoms with van der Waals surface area (Å²) in [7, 11) is 0. The lowest BCUT2D eigenvalue weighted by atomic mass is 10.1. The number of benzene rings is 2. The first-order chi connectivity index (χ1) is 15.5. The molecule has 3 heterocycles. The lowest BCUT2D eigenvalue weighted by molar-refractivity contribution is 0.100. The maximum Gasteiger partial charge on any atom is 0.289 e. The molecule has 9 heteroatoms. The topological polar surface area (TPSA) is 73.8 Å². The highest BCUT2D eigenvalue weighted by Crippen LogP contribution is 2.34. The predicted molar refractivity (Wildman–Crippen MR) is 123 cm³/mol. The first kappa shape index (κ1) is 20.7. The van der Waals surface area contributed by atoms with Gasteiger partial charge in [0, 0.05) is 34.4 Å². The van der Waals surface area contributed by atoms with Gasteiger partial charge in [0.05, 0.1) is 16.6 Å². The van der Waals surface area contributed by atoms with Crippen LogP contribution in [0.25, 0.3) is 22.4 Å². The lowest BCUT2D eigenvalue weighted by Gasteiger charge is -2.08. The van der Waals surface area contributed by atoms with Crippen LogP contribution in [0.15, 0.2) is 71.4 Å². The zero-order valence-electron chi connectivity index (χ0n) is 16.3. The number of hydrogen-bond donors (Lipinski definition) is 0. The van der Waals surface area contributed by atoms with E-state index >= 15 is 0 Å². The van der Waals surface area contributed by atoms with E-state index in [-0.39, 0.29) is 22.5 Å². The third-order valence-corrected chi connectivity index (χ3v) is 5.85. The van der Waals surface area contributed by atoms with Crippen LogP contribution in [-0.4, -0.2) is 25.5 Å². The summed E-state index contributed by atoms with van der Waals surface area (Å²) in [6.07, 6.45) is 3.21. The molecular weight excluding hydrogens is 471 g/mol. The number of fused-ring (bicyclic) bond motifs is 1. The minimum Gasteiger partial charge on any atom is -0.413 e. The second-order valence-electron chi connectivity index (χ2n) is 7.02. The number of pyridine rings is 1. The van der Waals surface area contributed by atoms with Crippen molar-refractivity contribution in [2.75, 3.05) is 0 Å². The highest BCUT2D eigenvalue weighted by Gasteiger charge is 2.27. The van der Waals surface area contributed by atoms with E-state index in [2.05, 4.69) is 15.2 Å². The number of carbonyl (C=O) groups excluding carboxylic acids is 1.